The molecule has 1 unspecified atom stereocenters. The van der Waals surface area contributed by atoms with E-state index in [1.165, 1.54) is 29.2 Å². The van der Waals surface area contributed by atoms with Gasteiger partial charge in [-0.05, 0) is 73.4 Å². The molecule has 1 saturated carbocycles. The Kier molecular flexibility index (Phi) is 10.3. The van der Waals surface area contributed by atoms with Crippen molar-refractivity contribution in [2.75, 3.05) is 10.8 Å². The molecular formula is C30H32Cl2FN3O4S. The lowest BCUT2D eigenvalue weighted by Crippen LogP contribution is -2.53. The van der Waals surface area contributed by atoms with Crippen molar-refractivity contribution in [2.24, 2.45) is 0 Å². The molecule has 1 aliphatic rings. The second-order valence-corrected chi connectivity index (χ2v) is 12.7. The summed E-state index contributed by atoms with van der Waals surface area (Å²) in [6.07, 6.45) is 4.09. The van der Waals surface area contributed by atoms with Gasteiger partial charge in [-0.2, -0.15) is 0 Å². The molecule has 0 saturated heterocycles. The summed E-state index contributed by atoms with van der Waals surface area (Å²) in [4.78, 5) is 28.9. The van der Waals surface area contributed by atoms with Gasteiger partial charge in [0.15, 0.2) is 0 Å². The van der Waals surface area contributed by atoms with E-state index < -0.39 is 34.3 Å². The van der Waals surface area contributed by atoms with Gasteiger partial charge in [-0.3, -0.25) is 13.9 Å². The molecule has 0 spiro atoms. The number of carbonyl (C=O) groups excluding carboxylic acids is 2. The fraction of sp³-hybridized carbons (Fsp3) is 0.333. The van der Waals surface area contributed by atoms with E-state index in [2.05, 4.69) is 5.32 Å². The zero-order valence-electron chi connectivity index (χ0n) is 22.6. The minimum Gasteiger partial charge on any atom is -0.352 e. The second kappa shape index (κ2) is 13.7. The molecule has 1 atom stereocenters. The molecule has 3 aromatic rings. The number of nitrogens with one attached hydrogen (secondary N) is 1. The largest absolute Gasteiger partial charge is 0.352 e. The van der Waals surface area contributed by atoms with Crippen molar-refractivity contribution in [2.45, 2.75) is 62.6 Å². The SMILES string of the molecule is CCC(C(=O)NC1CCCC1)N(Cc1ccc(Cl)c(Cl)c1)C(=O)CN(c1ccc(F)cc1)S(=O)(=O)c1ccccc1. The third kappa shape index (κ3) is 7.58. The molecule has 4 rings (SSSR count). The predicted octanol–water partition coefficient (Wildman–Crippen LogP) is 6.19. The van der Waals surface area contributed by atoms with Crippen LogP contribution in [0.15, 0.2) is 77.7 Å². The van der Waals surface area contributed by atoms with Gasteiger partial charge < -0.3 is 10.2 Å². The minimum atomic E-state index is -4.23. The zero-order valence-corrected chi connectivity index (χ0v) is 24.9. The molecule has 0 radical (unpaired) electrons. The summed E-state index contributed by atoms with van der Waals surface area (Å²) in [5, 5.41) is 3.70. The molecule has 1 N–H and O–H groups in total. The van der Waals surface area contributed by atoms with Crippen molar-refractivity contribution >= 4 is 50.7 Å². The van der Waals surface area contributed by atoms with E-state index in [9.17, 15) is 22.4 Å². The molecule has 3 aromatic carbocycles. The molecule has 2 amide bonds. The standard InChI is InChI=1S/C30H32Cl2FN3O4S/c1-2-28(30(38)34-23-8-6-7-9-23)35(19-21-12-17-26(31)27(32)18-21)29(37)20-36(24-15-13-22(33)14-16-24)41(39,40)25-10-4-3-5-11-25/h3-5,10-18,23,28H,2,6-9,19-20H2,1H3,(H,34,38). The average Bonchev–Trinajstić information content (AvgIpc) is 3.47. The Hall–Kier alpha value is -3.14. The lowest BCUT2D eigenvalue weighted by Gasteiger charge is -2.33. The summed E-state index contributed by atoms with van der Waals surface area (Å²) >= 11 is 12.3. The fourth-order valence-electron chi connectivity index (χ4n) is 4.98. The maximum Gasteiger partial charge on any atom is 0.264 e. The van der Waals surface area contributed by atoms with E-state index >= 15 is 0 Å². The second-order valence-electron chi connectivity index (χ2n) is 9.99. The molecule has 11 heteroatoms. The number of rotatable bonds is 11. The van der Waals surface area contributed by atoms with Crippen LogP contribution in [0.3, 0.4) is 0 Å². The van der Waals surface area contributed by atoms with Crippen LogP contribution >= 0.6 is 23.2 Å². The summed E-state index contributed by atoms with van der Waals surface area (Å²) < 4.78 is 42.2. The predicted molar refractivity (Wildman–Crippen MR) is 159 cm³/mol. The molecule has 0 heterocycles. The third-order valence-corrected chi connectivity index (χ3v) is 9.68. The highest BCUT2D eigenvalue weighted by atomic mass is 35.5. The van der Waals surface area contributed by atoms with Gasteiger partial charge in [-0.1, -0.05) is 67.2 Å². The van der Waals surface area contributed by atoms with Crippen LogP contribution in [0.4, 0.5) is 10.1 Å². The number of amides is 2. The lowest BCUT2D eigenvalue weighted by atomic mass is 10.1. The molecule has 7 nitrogen and oxygen atoms in total. The molecule has 0 bridgehead atoms. The smallest absolute Gasteiger partial charge is 0.264 e. The van der Waals surface area contributed by atoms with E-state index in [-0.39, 0.29) is 29.1 Å². The van der Waals surface area contributed by atoms with Gasteiger partial charge in [0.1, 0.15) is 18.4 Å². The maximum absolute atomic E-state index is 14.1. The third-order valence-electron chi connectivity index (χ3n) is 7.15. The maximum atomic E-state index is 14.1. The Morgan fingerprint density at radius 2 is 1.63 bits per heavy atom. The van der Waals surface area contributed by atoms with Crippen LogP contribution in [-0.2, 0) is 26.2 Å². The summed E-state index contributed by atoms with van der Waals surface area (Å²) in [5.41, 5.74) is 0.737. The molecule has 0 aliphatic heterocycles. The quantitative estimate of drug-likeness (QED) is 0.277. The number of hydrogen-bond donors (Lipinski definition) is 1. The van der Waals surface area contributed by atoms with Gasteiger partial charge in [-0.25, -0.2) is 12.8 Å². The number of hydrogen-bond acceptors (Lipinski definition) is 4. The molecular weight excluding hydrogens is 588 g/mol. The molecule has 1 aliphatic carbocycles. The summed E-state index contributed by atoms with van der Waals surface area (Å²) in [6, 6.07) is 16.6. The summed E-state index contributed by atoms with van der Waals surface area (Å²) in [7, 11) is -4.23. The zero-order chi connectivity index (χ0) is 29.6. The van der Waals surface area contributed by atoms with Crippen LogP contribution < -0.4 is 9.62 Å². The molecule has 1 fully saturated rings. The molecule has 0 aromatic heterocycles. The fourth-order valence-corrected chi connectivity index (χ4v) is 6.73. The number of carbonyl (C=O) groups is 2. The van der Waals surface area contributed by atoms with Crippen molar-refractivity contribution in [3.8, 4) is 0 Å². The highest BCUT2D eigenvalue weighted by Gasteiger charge is 2.34. The van der Waals surface area contributed by atoms with Gasteiger partial charge in [0.25, 0.3) is 10.0 Å². The minimum absolute atomic E-state index is 0.00500. The van der Waals surface area contributed by atoms with Gasteiger partial charge >= 0.3 is 0 Å². The van der Waals surface area contributed by atoms with Crippen LogP contribution in [0, 0.1) is 5.82 Å². The average molecular weight is 621 g/mol. The van der Waals surface area contributed by atoms with Crippen molar-refractivity contribution < 1.29 is 22.4 Å². The lowest BCUT2D eigenvalue weighted by molar-refractivity contribution is -0.140. The summed E-state index contributed by atoms with van der Waals surface area (Å²) in [5.74, 6) is -1.45. The first kappa shape index (κ1) is 30.8. The van der Waals surface area contributed by atoms with Crippen LogP contribution in [0.25, 0.3) is 0 Å². The van der Waals surface area contributed by atoms with E-state index in [0.29, 0.717) is 22.0 Å². The highest BCUT2D eigenvalue weighted by molar-refractivity contribution is 7.92. The van der Waals surface area contributed by atoms with E-state index in [0.717, 1.165) is 42.1 Å². The Morgan fingerprint density at radius 3 is 2.24 bits per heavy atom. The Bertz CT molecular complexity index is 1470. The van der Waals surface area contributed by atoms with Gasteiger partial charge in [0.2, 0.25) is 11.8 Å². The van der Waals surface area contributed by atoms with Crippen molar-refractivity contribution in [1.82, 2.24) is 10.2 Å². The normalized spacial score (nSPS) is 14.4. The monoisotopic (exact) mass is 619 g/mol. The number of sulfonamides is 1. The molecule has 41 heavy (non-hydrogen) atoms. The number of nitrogens with zero attached hydrogens (tertiary/aromatic N) is 2. The van der Waals surface area contributed by atoms with Crippen molar-refractivity contribution in [3.63, 3.8) is 0 Å². The number of benzene rings is 3. The van der Waals surface area contributed by atoms with Crippen LogP contribution in [-0.4, -0.2) is 43.8 Å². The topological polar surface area (TPSA) is 86.8 Å². The number of anilines is 1. The van der Waals surface area contributed by atoms with Crippen LogP contribution in [0.5, 0.6) is 0 Å². The van der Waals surface area contributed by atoms with Crippen molar-refractivity contribution in [1.29, 1.82) is 0 Å². The van der Waals surface area contributed by atoms with E-state index in [1.807, 2.05) is 0 Å². The first-order valence-corrected chi connectivity index (χ1v) is 15.7. The van der Waals surface area contributed by atoms with Crippen molar-refractivity contribution in [3.05, 3.63) is 94.2 Å². The van der Waals surface area contributed by atoms with Crippen LogP contribution in [0.2, 0.25) is 10.0 Å². The van der Waals surface area contributed by atoms with E-state index in [4.69, 9.17) is 23.2 Å². The first-order valence-electron chi connectivity index (χ1n) is 13.5. The Morgan fingerprint density at radius 1 is 0.976 bits per heavy atom. The summed E-state index contributed by atoms with van der Waals surface area (Å²) in [6.45, 7) is 1.18. The van der Waals surface area contributed by atoms with Gasteiger partial charge in [0.05, 0.1) is 20.6 Å². The van der Waals surface area contributed by atoms with Gasteiger partial charge in [-0.15, -0.1) is 0 Å². The molecule has 218 valence electrons. The van der Waals surface area contributed by atoms with Crippen LogP contribution in [0.1, 0.15) is 44.6 Å². The Labute approximate surface area is 250 Å². The van der Waals surface area contributed by atoms with Gasteiger partial charge in [0, 0.05) is 12.6 Å². The highest BCUT2D eigenvalue weighted by Crippen LogP contribution is 2.27. The van der Waals surface area contributed by atoms with E-state index in [1.54, 1.807) is 43.3 Å². The number of halogens is 3. The Balaban J connectivity index is 1.71. The first-order chi connectivity index (χ1) is 19.6.